The molecule has 1 fully saturated rings. The average molecular weight is 293 g/mol. The number of amides is 1. The first kappa shape index (κ1) is 13.2. The van der Waals surface area contributed by atoms with Gasteiger partial charge in [0.05, 0.1) is 5.54 Å². The fourth-order valence-corrected chi connectivity index (χ4v) is 3.07. The Kier molecular flexibility index (Phi) is 3.27. The third kappa shape index (κ3) is 2.44. The molecule has 106 valence electrons. The fraction of sp³-hybridized carbons (Fsp3) is 0.500. The van der Waals surface area contributed by atoms with E-state index in [-0.39, 0.29) is 5.91 Å². The van der Waals surface area contributed by atoms with E-state index < -0.39 is 5.54 Å². The standard InChI is InChI=1S/C12H15N5O2S/c1-7(18)14-11-15-8(6-20-11)9-16-10(17-19-9)12(13)4-2-3-5-12/h6H,2-5,13H2,1H3,(H,14,15,18). The zero-order chi connectivity index (χ0) is 14.2. The maximum atomic E-state index is 11.0. The van der Waals surface area contributed by atoms with Crippen molar-refractivity contribution in [2.45, 2.75) is 38.1 Å². The number of aromatic nitrogens is 3. The van der Waals surface area contributed by atoms with Crippen LogP contribution >= 0.6 is 11.3 Å². The molecule has 0 aromatic carbocycles. The lowest BCUT2D eigenvalue weighted by Gasteiger charge is -2.17. The summed E-state index contributed by atoms with van der Waals surface area (Å²) in [5.74, 6) is 0.715. The van der Waals surface area contributed by atoms with Crippen molar-refractivity contribution in [3.05, 3.63) is 11.2 Å². The lowest BCUT2D eigenvalue weighted by molar-refractivity contribution is -0.114. The maximum absolute atomic E-state index is 11.0. The number of carbonyl (C=O) groups excluding carboxylic acids is 1. The number of hydrogen-bond donors (Lipinski definition) is 2. The summed E-state index contributed by atoms with van der Waals surface area (Å²) >= 11 is 1.31. The molecule has 3 rings (SSSR count). The molecule has 3 N–H and O–H groups in total. The van der Waals surface area contributed by atoms with Gasteiger partial charge in [-0.2, -0.15) is 4.98 Å². The average Bonchev–Trinajstić information content (AvgIpc) is 3.06. The minimum atomic E-state index is -0.474. The molecular weight excluding hydrogens is 278 g/mol. The van der Waals surface area contributed by atoms with E-state index >= 15 is 0 Å². The van der Waals surface area contributed by atoms with Gasteiger partial charge in [-0.3, -0.25) is 4.79 Å². The quantitative estimate of drug-likeness (QED) is 0.894. The van der Waals surface area contributed by atoms with Crippen LogP contribution in [0.2, 0.25) is 0 Å². The number of anilines is 1. The van der Waals surface area contributed by atoms with Crippen LogP contribution in [0.25, 0.3) is 11.6 Å². The highest BCUT2D eigenvalue weighted by Gasteiger charge is 2.36. The summed E-state index contributed by atoms with van der Waals surface area (Å²) in [4.78, 5) is 19.6. The summed E-state index contributed by atoms with van der Waals surface area (Å²) in [6.45, 7) is 1.43. The first-order valence-electron chi connectivity index (χ1n) is 6.43. The van der Waals surface area contributed by atoms with E-state index in [0.717, 1.165) is 25.7 Å². The number of nitrogens with two attached hydrogens (primary N) is 1. The fourth-order valence-electron chi connectivity index (χ4n) is 2.34. The normalized spacial score (nSPS) is 17.3. The van der Waals surface area contributed by atoms with Gasteiger partial charge in [0.2, 0.25) is 5.91 Å². The Labute approximate surface area is 119 Å². The summed E-state index contributed by atoms with van der Waals surface area (Å²) in [6, 6.07) is 0. The predicted molar refractivity (Wildman–Crippen MR) is 74.0 cm³/mol. The van der Waals surface area contributed by atoms with Crippen molar-refractivity contribution in [3.63, 3.8) is 0 Å². The van der Waals surface area contributed by atoms with E-state index in [1.807, 2.05) is 0 Å². The van der Waals surface area contributed by atoms with Crippen molar-refractivity contribution in [1.29, 1.82) is 0 Å². The lowest BCUT2D eigenvalue weighted by Crippen LogP contribution is -2.34. The Bertz CT molecular complexity index is 629. The van der Waals surface area contributed by atoms with Crippen LogP contribution in [-0.2, 0) is 10.3 Å². The van der Waals surface area contributed by atoms with E-state index in [9.17, 15) is 4.79 Å². The van der Waals surface area contributed by atoms with Crippen LogP contribution in [0, 0.1) is 0 Å². The summed E-state index contributed by atoms with van der Waals surface area (Å²) < 4.78 is 5.24. The van der Waals surface area contributed by atoms with Crippen molar-refractivity contribution in [2.75, 3.05) is 5.32 Å². The van der Waals surface area contributed by atoms with Gasteiger partial charge in [-0.25, -0.2) is 4.98 Å². The number of nitrogens with zero attached hydrogens (tertiary/aromatic N) is 3. The Morgan fingerprint density at radius 2 is 2.20 bits per heavy atom. The minimum Gasteiger partial charge on any atom is -0.332 e. The Balaban J connectivity index is 1.83. The molecule has 2 aromatic rings. The van der Waals surface area contributed by atoms with Crippen molar-refractivity contribution in [2.24, 2.45) is 5.73 Å². The highest BCUT2D eigenvalue weighted by atomic mass is 32.1. The third-order valence-electron chi connectivity index (χ3n) is 3.37. The molecule has 1 aliphatic rings. The zero-order valence-electron chi connectivity index (χ0n) is 11.0. The SMILES string of the molecule is CC(=O)Nc1nc(-c2nc(C3(N)CCCC3)no2)cs1. The van der Waals surface area contributed by atoms with Gasteiger partial charge in [0.1, 0.15) is 5.69 Å². The molecule has 2 aromatic heterocycles. The number of rotatable bonds is 3. The molecule has 1 amide bonds. The molecule has 0 saturated heterocycles. The van der Waals surface area contributed by atoms with E-state index in [2.05, 4.69) is 20.4 Å². The number of carbonyl (C=O) groups is 1. The Morgan fingerprint density at radius 3 is 2.90 bits per heavy atom. The van der Waals surface area contributed by atoms with Crippen LogP contribution in [0.1, 0.15) is 38.4 Å². The highest BCUT2D eigenvalue weighted by molar-refractivity contribution is 7.14. The summed E-state index contributed by atoms with van der Waals surface area (Å²) in [6.07, 6.45) is 3.92. The van der Waals surface area contributed by atoms with Crippen LogP contribution in [0.5, 0.6) is 0 Å². The second-order valence-corrected chi connectivity index (χ2v) is 5.86. The molecular formula is C12H15N5O2S. The maximum Gasteiger partial charge on any atom is 0.277 e. The van der Waals surface area contributed by atoms with Crippen LogP contribution in [0.15, 0.2) is 9.90 Å². The van der Waals surface area contributed by atoms with Crippen LogP contribution in [0.3, 0.4) is 0 Å². The molecule has 0 bridgehead atoms. The largest absolute Gasteiger partial charge is 0.332 e. The zero-order valence-corrected chi connectivity index (χ0v) is 11.9. The molecule has 20 heavy (non-hydrogen) atoms. The topological polar surface area (TPSA) is 107 Å². The summed E-state index contributed by atoms with van der Waals surface area (Å²) in [5, 5.41) is 8.88. The second kappa shape index (κ2) is 4.95. The van der Waals surface area contributed by atoms with Gasteiger partial charge < -0.3 is 15.6 Å². The van der Waals surface area contributed by atoms with Crippen molar-refractivity contribution in [3.8, 4) is 11.6 Å². The molecule has 0 aliphatic heterocycles. The van der Waals surface area contributed by atoms with Crippen LogP contribution in [-0.4, -0.2) is 21.0 Å². The number of nitrogens with one attached hydrogen (secondary N) is 1. The molecule has 0 unspecified atom stereocenters. The van der Waals surface area contributed by atoms with Gasteiger partial charge in [0.15, 0.2) is 11.0 Å². The molecule has 7 nitrogen and oxygen atoms in total. The molecule has 8 heteroatoms. The first-order valence-corrected chi connectivity index (χ1v) is 7.31. The summed E-state index contributed by atoms with van der Waals surface area (Å²) in [5.41, 5.74) is 6.36. The Morgan fingerprint density at radius 1 is 1.45 bits per heavy atom. The van der Waals surface area contributed by atoms with Gasteiger partial charge in [-0.15, -0.1) is 11.3 Å². The summed E-state index contributed by atoms with van der Waals surface area (Å²) in [7, 11) is 0. The molecule has 0 radical (unpaired) electrons. The van der Waals surface area contributed by atoms with Crippen LogP contribution < -0.4 is 11.1 Å². The highest BCUT2D eigenvalue weighted by Crippen LogP contribution is 2.35. The number of thiazole rings is 1. The van der Waals surface area contributed by atoms with E-state index in [4.69, 9.17) is 10.3 Å². The smallest absolute Gasteiger partial charge is 0.277 e. The van der Waals surface area contributed by atoms with Crippen LogP contribution in [0.4, 0.5) is 5.13 Å². The van der Waals surface area contributed by atoms with E-state index in [0.29, 0.717) is 22.5 Å². The van der Waals surface area contributed by atoms with E-state index in [1.165, 1.54) is 18.3 Å². The molecule has 0 atom stereocenters. The molecule has 0 spiro atoms. The van der Waals surface area contributed by atoms with Gasteiger partial charge in [-0.05, 0) is 12.8 Å². The van der Waals surface area contributed by atoms with Crippen molar-refractivity contribution in [1.82, 2.24) is 15.1 Å². The van der Waals surface area contributed by atoms with E-state index in [1.54, 1.807) is 5.38 Å². The van der Waals surface area contributed by atoms with Gasteiger partial charge in [0.25, 0.3) is 5.89 Å². The third-order valence-corrected chi connectivity index (χ3v) is 4.13. The lowest BCUT2D eigenvalue weighted by atomic mass is 9.99. The molecule has 1 saturated carbocycles. The Hall–Kier alpha value is -1.80. The molecule has 1 aliphatic carbocycles. The first-order chi connectivity index (χ1) is 9.57. The predicted octanol–water partition coefficient (Wildman–Crippen LogP) is 1.88. The second-order valence-electron chi connectivity index (χ2n) is 5.01. The minimum absolute atomic E-state index is 0.163. The van der Waals surface area contributed by atoms with Crippen molar-refractivity contribution >= 4 is 22.4 Å². The van der Waals surface area contributed by atoms with Gasteiger partial charge in [-0.1, -0.05) is 18.0 Å². The van der Waals surface area contributed by atoms with Gasteiger partial charge in [0, 0.05) is 12.3 Å². The van der Waals surface area contributed by atoms with Crippen molar-refractivity contribution < 1.29 is 9.32 Å². The molecule has 2 heterocycles. The number of hydrogen-bond acceptors (Lipinski definition) is 7. The monoisotopic (exact) mass is 293 g/mol. The van der Waals surface area contributed by atoms with Gasteiger partial charge >= 0.3 is 0 Å².